The molecule has 1 aromatic rings. The van der Waals surface area contributed by atoms with E-state index < -0.39 is 0 Å². The fraction of sp³-hybridized carbons (Fsp3) is 0.562. The third kappa shape index (κ3) is 4.03. The van der Waals surface area contributed by atoms with Crippen molar-refractivity contribution >= 4 is 5.96 Å². The van der Waals surface area contributed by atoms with E-state index in [2.05, 4.69) is 22.1 Å². The van der Waals surface area contributed by atoms with Crippen molar-refractivity contribution in [2.45, 2.75) is 26.3 Å². The van der Waals surface area contributed by atoms with Crippen LogP contribution in [0.1, 0.15) is 25.3 Å². The van der Waals surface area contributed by atoms with Gasteiger partial charge in [0, 0.05) is 32.2 Å². The molecule has 0 radical (unpaired) electrons. The summed E-state index contributed by atoms with van der Waals surface area (Å²) >= 11 is 0. The van der Waals surface area contributed by atoms with E-state index in [1.54, 1.807) is 26.3 Å². The average molecular weight is 291 g/mol. The molecule has 0 aromatic heterocycles. The largest absolute Gasteiger partial charge is 0.508 e. The summed E-state index contributed by atoms with van der Waals surface area (Å²) in [5.74, 6) is 2.60. The molecule has 1 fully saturated rings. The summed E-state index contributed by atoms with van der Waals surface area (Å²) in [6.45, 7) is 4.87. The van der Waals surface area contributed by atoms with E-state index in [1.807, 2.05) is 6.07 Å². The molecule has 0 bridgehead atoms. The van der Waals surface area contributed by atoms with Crippen LogP contribution >= 0.6 is 0 Å². The molecule has 5 heteroatoms. The van der Waals surface area contributed by atoms with E-state index in [4.69, 9.17) is 4.74 Å². The Kier molecular flexibility index (Phi) is 5.31. The highest BCUT2D eigenvalue weighted by molar-refractivity contribution is 5.80. The second kappa shape index (κ2) is 7.20. The monoisotopic (exact) mass is 291 g/mol. The standard InChI is InChI=1S/C16H25N3O2/c1-12-5-4-8-19(11-12)16(17-2)18-10-13-9-14(21-3)6-7-15(13)20/h6-7,9,12,20H,4-5,8,10-11H2,1-3H3,(H,17,18). The molecule has 0 saturated carbocycles. The van der Waals surface area contributed by atoms with Gasteiger partial charge in [-0.1, -0.05) is 6.92 Å². The summed E-state index contributed by atoms with van der Waals surface area (Å²) in [6, 6.07) is 5.25. The number of piperidine rings is 1. The van der Waals surface area contributed by atoms with Crippen molar-refractivity contribution < 1.29 is 9.84 Å². The number of methoxy groups -OCH3 is 1. The van der Waals surface area contributed by atoms with Crippen molar-refractivity contribution in [1.82, 2.24) is 10.2 Å². The number of guanidine groups is 1. The number of phenolic OH excluding ortho intramolecular Hbond substituents is 1. The summed E-state index contributed by atoms with van der Waals surface area (Å²) in [5, 5.41) is 13.2. The smallest absolute Gasteiger partial charge is 0.193 e. The molecule has 1 unspecified atom stereocenters. The van der Waals surface area contributed by atoms with E-state index in [1.165, 1.54) is 12.8 Å². The van der Waals surface area contributed by atoms with E-state index in [9.17, 15) is 5.11 Å². The Hall–Kier alpha value is -1.91. The lowest BCUT2D eigenvalue weighted by atomic mass is 10.0. The molecule has 1 aromatic carbocycles. The number of nitrogens with zero attached hydrogens (tertiary/aromatic N) is 2. The van der Waals surface area contributed by atoms with Crippen LogP contribution in [-0.2, 0) is 6.54 Å². The highest BCUT2D eigenvalue weighted by atomic mass is 16.5. The summed E-state index contributed by atoms with van der Waals surface area (Å²) in [6.07, 6.45) is 2.48. The molecule has 1 saturated heterocycles. The number of likely N-dealkylation sites (tertiary alicyclic amines) is 1. The molecule has 1 atom stereocenters. The van der Waals surface area contributed by atoms with Gasteiger partial charge in [0.2, 0.25) is 0 Å². The Morgan fingerprint density at radius 2 is 2.33 bits per heavy atom. The molecule has 0 spiro atoms. The SMILES string of the molecule is CN=C(NCc1cc(OC)ccc1O)N1CCCC(C)C1. The van der Waals surface area contributed by atoms with Gasteiger partial charge in [0.05, 0.1) is 7.11 Å². The van der Waals surface area contributed by atoms with Gasteiger partial charge in [-0.25, -0.2) is 0 Å². The van der Waals surface area contributed by atoms with Crippen molar-refractivity contribution in [3.63, 3.8) is 0 Å². The summed E-state index contributed by atoms with van der Waals surface area (Å²) in [4.78, 5) is 6.64. The molecular weight excluding hydrogens is 266 g/mol. The molecule has 116 valence electrons. The Balaban J connectivity index is 2.00. The molecular formula is C16H25N3O2. The first-order valence-corrected chi connectivity index (χ1v) is 7.45. The summed E-state index contributed by atoms with van der Waals surface area (Å²) < 4.78 is 5.19. The normalized spacial score (nSPS) is 19.5. The van der Waals surface area contributed by atoms with Crippen LogP contribution in [0.3, 0.4) is 0 Å². The number of hydrogen-bond acceptors (Lipinski definition) is 3. The van der Waals surface area contributed by atoms with Gasteiger partial charge in [-0.3, -0.25) is 4.99 Å². The van der Waals surface area contributed by atoms with Crippen molar-refractivity contribution in [2.24, 2.45) is 10.9 Å². The second-order valence-electron chi connectivity index (χ2n) is 5.59. The van der Waals surface area contributed by atoms with Crippen LogP contribution < -0.4 is 10.1 Å². The Morgan fingerprint density at radius 3 is 3.00 bits per heavy atom. The number of aromatic hydroxyl groups is 1. The van der Waals surface area contributed by atoms with Gasteiger partial charge in [-0.15, -0.1) is 0 Å². The van der Waals surface area contributed by atoms with Crippen molar-refractivity contribution in [2.75, 3.05) is 27.2 Å². The van der Waals surface area contributed by atoms with Crippen molar-refractivity contribution in [3.8, 4) is 11.5 Å². The van der Waals surface area contributed by atoms with Crippen LogP contribution in [0.2, 0.25) is 0 Å². The second-order valence-corrected chi connectivity index (χ2v) is 5.59. The molecule has 2 N–H and O–H groups in total. The highest BCUT2D eigenvalue weighted by Crippen LogP contribution is 2.23. The van der Waals surface area contributed by atoms with E-state index in [-0.39, 0.29) is 5.75 Å². The topological polar surface area (TPSA) is 57.1 Å². The van der Waals surface area contributed by atoms with Gasteiger partial charge >= 0.3 is 0 Å². The average Bonchev–Trinajstić information content (AvgIpc) is 2.49. The first-order valence-electron chi connectivity index (χ1n) is 7.45. The van der Waals surface area contributed by atoms with E-state index in [0.717, 1.165) is 30.4 Å². The number of ether oxygens (including phenoxy) is 1. The van der Waals surface area contributed by atoms with Crippen LogP contribution in [0, 0.1) is 5.92 Å². The van der Waals surface area contributed by atoms with Gasteiger partial charge in [0.25, 0.3) is 0 Å². The predicted octanol–water partition coefficient (Wildman–Crippen LogP) is 2.21. The predicted molar refractivity (Wildman–Crippen MR) is 84.8 cm³/mol. The Bertz CT molecular complexity index is 502. The van der Waals surface area contributed by atoms with Gasteiger partial charge in [-0.05, 0) is 37.0 Å². The van der Waals surface area contributed by atoms with Crippen LogP contribution in [0.25, 0.3) is 0 Å². The minimum absolute atomic E-state index is 0.269. The summed E-state index contributed by atoms with van der Waals surface area (Å²) in [5.41, 5.74) is 0.806. The Morgan fingerprint density at radius 1 is 1.52 bits per heavy atom. The van der Waals surface area contributed by atoms with Crippen LogP contribution in [0.4, 0.5) is 0 Å². The zero-order valence-corrected chi connectivity index (χ0v) is 13.1. The molecule has 0 aliphatic carbocycles. The first kappa shape index (κ1) is 15.5. The van der Waals surface area contributed by atoms with E-state index in [0.29, 0.717) is 12.5 Å². The van der Waals surface area contributed by atoms with Gasteiger partial charge in [-0.2, -0.15) is 0 Å². The van der Waals surface area contributed by atoms with Crippen LogP contribution in [-0.4, -0.2) is 43.2 Å². The molecule has 1 aliphatic rings. The first-order chi connectivity index (χ1) is 10.1. The fourth-order valence-electron chi connectivity index (χ4n) is 2.72. The molecule has 1 aliphatic heterocycles. The van der Waals surface area contributed by atoms with Gasteiger partial charge < -0.3 is 20.1 Å². The quantitative estimate of drug-likeness (QED) is 0.662. The molecule has 1 heterocycles. The minimum Gasteiger partial charge on any atom is -0.508 e. The third-order valence-electron chi connectivity index (χ3n) is 3.89. The Labute approximate surface area is 126 Å². The van der Waals surface area contributed by atoms with Gasteiger partial charge in [0.15, 0.2) is 5.96 Å². The number of rotatable bonds is 3. The minimum atomic E-state index is 0.269. The highest BCUT2D eigenvalue weighted by Gasteiger charge is 2.19. The number of aliphatic imine (C=N–C) groups is 1. The zero-order chi connectivity index (χ0) is 15.2. The maximum absolute atomic E-state index is 9.92. The van der Waals surface area contributed by atoms with Gasteiger partial charge in [0.1, 0.15) is 11.5 Å². The maximum Gasteiger partial charge on any atom is 0.193 e. The number of phenols is 1. The van der Waals surface area contributed by atoms with Crippen molar-refractivity contribution in [1.29, 1.82) is 0 Å². The molecule has 0 amide bonds. The molecule has 21 heavy (non-hydrogen) atoms. The molecule has 2 rings (SSSR count). The van der Waals surface area contributed by atoms with Crippen molar-refractivity contribution in [3.05, 3.63) is 23.8 Å². The lowest BCUT2D eigenvalue weighted by Gasteiger charge is -2.33. The number of nitrogens with one attached hydrogen (secondary N) is 1. The fourth-order valence-corrected chi connectivity index (χ4v) is 2.72. The van der Waals surface area contributed by atoms with Crippen LogP contribution in [0.5, 0.6) is 11.5 Å². The third-order valence-corrected chi connectivity index (χ3v) is 3.89. The van der Waals surface area contributed by atoms with Crippen LogP contribution in [0.15, 0.2) is 23.2 Å². The molecule has 5 nitrogen and oxygen atoms in total. The number of benzene rings is 1. The van der Waals surface area contributed by atoms with E-state index >= 15 is 0 Å². The summed E-state index contributed by atoms with van der Waals surface area (Å²) in [7, 11) is 3.42. The lowest BCUT2D eigenvalue weighted by molar-refractivity contribution is 0.266. The maximum atomic E-state index is 9.92. The lowest BCUT2D eigenvalue weighted by Crippen LogP contribution is -2.45. The zero-order valence-electron chi connectivity index (χ0n) is 13.1. The number of hydrogen-bond donors (Lipinski definition) is 2.